The van der Waals surface area contributed by atoms with E-state index < -0.39 is 5.97 Å². The minimum absolute atomic E-state index is 0.123. The molecule has 37 heavy (non-hydrogen) atoms. The van der Waals surface area contributed by atoms with Gasteiger partial charge in [-0.15, -0.1) is 23.2 Å². The average Bonchev–Trinajstić information content (AvgIpc) is 3.20. The van der Waals surface area contributed by atoms with Crippen LogP contribution >= 0.6 is 23.2 Å². The molecule has 0 radical (unpaired) electrons. The second kappa shape index (κ2) is 11.8. The van der Waals surface area contributed by atoms with Gasteiger partial charge in [-0.3, -0.25) is 4.79 Å². The third-order valence-electron chi connectivity index (χ3n) is 11.4. The monoisotopic (exact) mass is 559 g/mol. The van der Waals surface area contributed by atoms with E-state index in [4.69, 9.17) is 27.9 Å². The number of halogens is 2. The number of fused-ring (bicyclic) bond motifs is 5. The molecule has 0 heterocycles. The number of hydrogen-bond donors (Lipinski definition) is 2. The smallest absolute Gasteiger partial charge is 0.410 e. The molecule has 0 aliphatic heterocycles. The van der Waals surface area contributed by atoms with Gasteiger partial charge in [0, 0.05) is 31.3 Å². The molecule has 4 aliphatic carbocycles. The normalized spacial score (nSPS) is 41.7. The van der Waals surface area contributed by atoms with Gasteiger partial charge in [-0.1, -0.05) is 20.8 Å². The van der Waals surface area contributed by atoms with Crippen LogP contribution in [0.4, 0.5) is 4.79 Å². The molecular formula is C29H47Cl2NO5. The number of carbonyl (C=O) groups excluding carboxylic acids is 1. The van der Waals surface area contributed by atoms with Crippen LogP contribution in [0.25, 0.3) is 0 Å². The minimum atomic E-state index is -0.705. The first-order valence-corrected chi connectivity index (χ1v) is 15.6. The molecule has 8 heteroatoms. The highest BCUT2D eigenvalue weighted by atomic mass is 35.5. The summed E-state index contributed by atoms with van der Waals surface area (Å²) in [7, 11) is 0. The summed E-state index contributed by atoms with van der Waals surface area (Å²) in [6, 6.07) is 0. The Morgan fingerprint density at radius 1 is 1.00 bits per heavy atom. The Morgan fingerprint density at radius 3 is 2.30 bits per heavy atom. The molecule has 4 fully saturated rings. The number of carbonyl (C=O) groups is 2. The zero-order valence-corrected chi connectivity index (χ0v) is 24.4. The Kier molecular flexibility index (Phi) is 9.33. The number of aliphatic hydroxyl groups excluding tert-OH is 1. The van der Waals surface area contributed by atoms with Crippen LogP contribution in [-0.4, -0.2) is 64.2 Å². The van der Waals surface area contributed by atoms with Crippen LogP contribution in [0.1, 0.15) is 85.0 Å². The van der Waals surface area contributed by atoms with Crippen molar-refractivity contribution in [3.05, 3.63) is 0 Å². The van der Waals surface area contributed by atoms with Gasteiger partial charge >= 0.3 is 12.1 Å². The van der Waals surface area contributed by atoms with Crippen molar-refractivity contribution in [1.82, 2.24) is 4.90 Å². The summed E-state index contributed by atoms with van der Waals surface area (Å²) in [5.41, 5.74) is 0.345. The summed E-state index contributed by atoms with van der Waals surface area (Å²) < 4.78 is 5.94. The molecule has 4 aliphatic rings. The largest absolute Gasteiger partial charge is 0.481 e. The van der Waals surface area contributed by atoms with Crippen LogP contribution in [0.15, 0.2) is 0 Å². The highest BCUT2D eigenvalue weighted by molar-refractivity contribution is 6.18. The van der Waals surface area contributed by atoms with Crippen LogP contribution in [0, 0.1) is 46.3 Å². The van der Waals surface area contributed by atoms with Crippen molar-refractivity contribution < 1.29 is 24.5 Å². The molecule has 0 bridgehead atoms. The van der Waals surface area contributed by atoms with E-state index >= 15 is 0 Å². The lowest BCUT2D eigenvalue weighted by molar-refractivity contribution is -0.174. The number of rotatable bonds is 9. The van der Waals surface area contributed by atoms with E-state index in [-0.39, 0.29) is 35.6 Å². The van der Waals surface area contributed by atoms with Crippen molar-refractivity contribution in [2.24, 2.45) is 46.3 Å². The fourth-order valence-electron chi connectivity index (χ4n) is 9.53. The van der Waals surface area contributed by atoms with Gasteiger partial charge < -0.3 is 19.8 Å². The summed E-state index contributed by atoms with van der Waals surface area (Å²) in [5, 5.41) is 20.8. The second-order valence-corrected chi connectivity index (χ2v) is 13.8. The lowest BCUT2D eigenvalue weighted by atomic mass is 9.43. The number of nitrogens with zero attached hydrogens (tertiary/aromatic N) is 1. The van der Waals surface area contributed by atoms with E-state index in [0.29, 0.717) is 60.4 Å². The van der Waals surface area contributed by atoms with E-state index in [0.717, 1.165) is 51.4 Å². The molecule has 1 amide bonds. The van der Waals surface area contributed by atoms with E-state index in [2.05, 4.69) is 20.8 Å². The zero-order chi connectivity index (χ0) is 27.0. The summed E-state index contributed by atoms with van der Waals surface area (Å²) in [6.07, 6.45) is 8.30. The van der Waals surface area contributed by atoms with Gasteiger partial charge in [0.05, 0.1) is 6.10 Å². The van der Waals surface area contributed by atoms with Gasteiger partial charge in [0.15, 0.2) is 0 Å². The van der Waals surface area contributed by atoms with Crippen LogP contribution in [0.5, 0.6) is 0 Å². The Balaban J connectivity index is 1.44. The molecule has 0 aromatic heterocycles. The molecule has 6 nitrogen and oxygen atoms in total. The zero-order valence-electron chi connectivity index (χ0n) is 22.8. The van der Waals surface area contributed by atoms with Gasteiger partial charge in [-0.05, 0) is 104 Å². The fourth-order valence-corrected chi connectivity index (χ4v) is 9.94. The molecule has 2 N–H and O–H groups in total. The minimum Gasteiger partial charge on any atom is -0.481 e. The van der Waals surface area contributed by atoms with Gasteiger partial charge in [-0.2, -0.15) is 0 Å². The molecule has 0 saturated heterocycles. The number of carboxylic acid groups (broad SMARTS) is 1. The van der Waals surface area contributed by atoms with Crippen molar-refractivity contribution in [3.63, 3.8) is 0 Å². The van der Waals surface area contributed by atoms with Crippen LogP contribution in [-0.2, 0) is 9.53 Å². The number of alkyl halides is 2. The highest BCUT2D eigenvalue weighted by Gasteiger charge is 2.63. The third kappa shape index (κ3) is 5.63. The van der Waals surface area contributed by atoms with Crippen molar-refractivity contribution in [1.29, 1.82) is 0 Å². The van der Waals surface area contributed by atoms with Gasteiger partial charge in [0.25, 0.3) is 0 Å². The van der Waals surface area contributed by atoms with Gasteiger partial charge in [-0.25, -0.2) is 4.79 Å². The van der Waals surface area contributed by atoms with Crippen molar-refractivity contribution in [2.75, 3.05) is 24.8 Å². The van der Waals surface area contributed by atoms with E-state index in [1.807, 2.05) is 0 Å². The molecule has 1 unspecified atom stereocenters. The van der Waals surface area contributed by atoms with Crippen LogP contribution in [0.3, 0.4) is 0 Å². The number of aliphatic hydroxyl groups is 1. The quantitative estimate of drug-likeness (QED) is 0.319. The lowest BCUT2D eigenvalue weighted by Crippen LogP contribution is -2.59. The first kappa shape index (κ1) is 29.3. The summed E-state index contributed by atoms with van der Waals surface area (Å²) in [5.74, 6) is 2.60. The van der Waals surface area contributed by atoms with Crippen LogP contribution in [0.2, 0.25) is 0 Å². The average molecular weight is 561 g/mol. The van der Waals surface area contributed by atoms with Gasteiger partial charge in [0.1, 0.15) is 6.10 Å². The lowest BCUT2D eigenvalue weighted by Gasteiger charge is -2.62. The SMILES string of the molecule is C[C@H](CCC(=O)O)[C@H]1CC[C@H]2[C@@H]3[C@@H](O)CC4C[C@@H](OC(=O)N(CCCl)CCCl)CC[C@]4(C)[C@H]3CC[C@]12C. The fraction of sp³-hybridized carbons (Fsp3) is 0.931. The maximum absolute atomic E-state index is 12.8. The molecule has 0 aromatic carbocycles. The number of carboxylic acids is 1. The first-order valence-electron chi connectivity index (χ1n) is 14.5. The van der Waals surface area contributed by atoms with Crippen molar-refractivity contribution >= 4 is 35.3 Å². The Labute approximate surface area is 232 Å². The molecule has 0 spiro atoms. The third-order valence-corrected chi connectivity index (χ3v) is 11.8. The topological polar surface area (TPSA) is 87.1 Å². The molecule has 10 atom stereocenters. The summed E-state index contributed by atoms with van der Waals surface area (Å²) in [4.78, 5) is 25.5. The Hall–Kier alpha value is -0.720. The number of hydrogen-bond acceptors (Lipinski definition) is 4. The van der Waals surface area contributed by atoms with Crippen molar-refractivity contribution in [3.8, 4) is 0 Å². The highest BCUT2D eigenvalue weighted by Crippen LogP contribution is 2.68. The molecule has 4 rings (SSSR count). The first-order chi connectivity index (χ1) is 17.5. The summed E-state index contributed by atoms with van der Waals surface area (Å²) >= 11 is 11.7. The second-order valence-electron chi connectivity index (χ2n) is 13.1. The molecule has 0 aromatic rings. The van der Waals surface area contributed by atoms with Crippen LogP contribution < -0.4 is 0 Å². The number of ether oxygens (including phenoxy) is 1. The standard InChI is InChI=1S/C29H47Cl2NO5/c1-18(4-7-25(34)35)21-5-6-22-26-23(9-11-29(21,22)3)28(2)10-8-20(16-19(28)17-24(26)33)37-27(36)32(14-12-30)15-13-31/h18-24,26,33H,4-17H2,1-3H3,(H,34,35)/t18-,19?,20+,21-,22+,23+,24+,26+,28+,29-/m1/s1. The molecular weight excluding hydrogens is 513 g/mol. The predicted molar refractivity (Wildman–Crippen MR) is 146 cm³/mol. The van der Waals surface area contributed by atoms with E-state index in [1.165, 1.54) is 6.42 Å². The Morgan fingerprint density at radius 2 is 1.65 bits per heavy atom. The molecule has 4 saturated carbocycles. The summed E-state index contributed by atoms with van der Waals surface area (Å²) in [6.45, 7) is 7.98. The van der Waals surface area contributed by atoms with E-state index in [9.17, 15) is 19.8 Å². The molecule has 212 valence electrons. The maximum Gasteiger partial charge on any atom is 0.410 e. The van der Waals surface area contributed by atoms with E-state index in [1.54, 1.807) is 4.90 Å². The maximum atomic E-state index is 12.8. The Bertz CT molecular complexity index is 822. The predicted octanol–water partition coefficient (Wildman–Crippen LogP) is 6.40. The number of amides is 1. The van der Waals surface area contributed by atoms with Crippen molar-refractivity contribution in [2.45, 2.75) is 97.2 Å². The number of aliphatic carboxylic acids is 1. The van der Waals surface area contributed by atoms with Gasteiger partial charge in [0.2, 0.25) is 0 Å².